The standard InChI is InChI=1S/C78H94N2O13S2/c81-38-47-11-6-9-45(23-47)24-48-27-58-64(86)55-13-8-14-59-63(55)66(87)77(58,60(85)28-48)61(15-20-74(90)18-2-1-3-19-74)95-94-44-80-62-31-57-56(37-79-62)50-29-51-34-75(43-83)69(89)78(91,67(88)68(92-59)93-75)65(51)76(57)42-71(36-52(76)30-50)40-70(35-53(71)39-82)21-22-73(41-70)33-49(32-72(73)16-4-5-17-72)25-46-10-7-12-54(84)26-46/h6-14,23,26-28,31,39,49-53,58,61,65,67-69,79-81,83-85,88-91H,1-5,15-22,24-25,29-30,32-38,40-44H2. The number of ketones is 2. The number of carbonyl (C=O) groups excluding carboxylic acids is 3. The van der Waals surface area contributed by atoms with Crippen LogP contribution < -0.4 is 15.4 Å². The Morgan fingerprint density at radius 1 is 0.768 bits per heavy atom. The van der Waals surface area contributed by atoms with Gasteiger partial charge >= 0.3 is 0 Å². The van der Waals surface area contributed by atoms with E-state index >= 15 is 9.59 Å². The number of benzene rings is 3. The summed E-state index contributed by atoms with van der Waals surface area (Å²) in [4.78, 5) is 47.0. The number of nitrogens with one attached hydrogen (secondary N) is 2. The van der Waals surface area contributed by atoms with E-state index in [9.17, 15) is 45.6 Å². The van der Waals surface area contributed by atoms with Gasteiger partial charge in [-0.2, -0.15) is 0 Å². The normalized spacial score (nSPS) is 42.3. The van der Waals surface area contributed by atoms with Gasteiger partial charge in [-0.1, -0.05) is 108 Å². The lowest BCUT2D eigenvalue weighted by Gasteiger charge is -2.65. The molecule has 6 spiro atoms. The molecule has 18 atom stereocenters. The van der Waals surface area contributed by atoms with Gasteiger partial charge in [-0.05, 0) is 238 Å². The van der Waals surface area contributed by atoms with Crippen LogP contribution in [0.5, 0.6) is 11.5 Å². The Labute approximate surface area is 564 Å². The van der Waals surface area contributed by atoms with Gasteiger partial charge in [0, 0.05) is 34.6 Å². The highest BCUT2D eigenvalue weighted by Crippen LogP contribution is 2.82. The summed E-state index contributed by atoms with van der Waals surface area (Å²) < 4.78 is 13.9. The quantitative estimate of drug-likeness (QED) is 0.0669. The summed E-state index contributed by atoms with van der Waals surface area (Å²) in [5, 5.41) is 106. The lowest BCUT2D eigenvalue weighted by molar-refractivity contribution is -0.392. The van der Waals surface area contributed by atoms with Gasteiger partial charge < -0.3 is 65.8 Å². The molecule has 15 aliphatic rings. The molecule has 18 rings (SSSR count). The molecule has 0 amide bonds. The number of carbonyl (C=O) groups is 3. The number of dihydropyridines is 1. The van der Waals surface area contributed by atoms with Crippen molar-refractivity contribution in [1.29, 1.82) is 0 Å². The lowest BCUT2D eigenvalue weighted by Crippen LogP contribution is -2.81. The van der Waals surface area contributed by atoms with E-state index in [-0.39, 0.29) is 82.0 Å². The number of aromatic hydroxyl groups is 1. The van der Waals surface area contributed by atoms with Crippen molar-refractivity contribution < 1.29 is 64.7 Å². The van der Waals surface area contributed by atoms with Crippen molar-refractivity contribution in [1.82, 2.24) is 10.6 Å². The van der Waals surface area contributed by atoms with Crippen LogP contribution in [0.3, 0.4) is 0 Å². The van der Waals surface area contributed by atoms with Crippen LogP contribution in [-0.2, 0) is 29.0 Å². The van der Waals surface area contributed by atoms with E-state index in [1.165, 1.54) is 71.1 Å². The second-order valence-corrected chi connectivity index (χ2v) is 35.8. The van der Waals surface area contributed by atoms with E-state index in [2.05, 4.69) is 22.8 Å². The van der Waals surface area contributed by atoms with Gasteiger partial charge in [-0.15, -0.1) is 0 Å². The zero-order chi connectivity index (χ0) is 65.3. The van der Waals surface area contributed by atoms with Gasteiger partial charge in [-0.3, -0.25) is 9.59 Å². The van der Waals surface area contributed by atoms with Gasteiger partial charge in [0.2, 0.25) is 6.29 Å². The number of hydrogen-bond donors (Lipinski definition) is 10. The Kier molecular flexibility index (Phi) is 15.2. The van der Waals surface area contributed by atoms with Gasteiger partial charge in [0.25, 0.3) is 0 Å². The molecule has 3 aromatic carbocycles. The zero-order valence-electron chi connectivity index (χ0n) is 54.5. The minimum Gasteiger partial charge on any atom is -0.511 e. The van der Waals surface area contributed by atoms with E-state index in [1.54, 1.807) is 30.3 Å². The van der Waals surface area contributed by atoms with Crippen LogP contribution >= 0.6 is 21.6 Å². The van der Waals surface area contributed by atoms with Crippen LogP contribution in [0.4, 0.5) is 0 Å². The Morgan fingerprint density at radius 2 is 1.55 bits per heavy atom. The molecule has 3 aliphatic heterocycles. The third-order valence-electron chi connectivity index (χ3n) is 28.6. The first kappa shape index (κ1) is 63.5. The average molecular weight is 1330 g/mol. The topological polar surface area (TPSA) is 256 Å². The van der Waals surface area contributed by atoms with Crippen LogP contribution in [0.15, 0.2) is 113 Å². The number of fused-ring (bicyclic) bond motifs is 3. The molecule has 18 unspecified atom stereocenters. The molecular weight excluding hydrogens is 1240 g/mol. The molecule has 95 heavy (non-hydrogen) atoms. The minimum atomic E-state index is -2.39. The van der Waals surface area contributed by atoms with E-state index in [0.717, 1.165) is 94.0 Å². The van der Waals surface area contributed by atoms with Gasteiger partial charge in [0.05, 0.1) is 42.0 Å². The molecule has 8 saturated carbocycles. The SMILES string of the molecule is O=CC1CC2(CCC3(CC(Cc4cccc(O)c4)CC34CCCC4)C2)CC12CC1CC3CC4CC5(CO)OC6Oc7cccc8c7C(=O)C7(C(O)=CC(Cc9cccc(CO)c9)=CC7C8=O)C(CCC7(O)CCCCC7)SSCNC7=CC(=C3CN7)C1(C2)C4C(O)(C6O)C5O. The fraction of sp³-hybridized carbons (Fsp3) is 0.628. The highest BCUT2D eigenvalue weighted by atomic mass is 33.1. The van der Waals surface area contributed by atoms with Crippen LogP contribution in [0, 0.1) is 73.9 Å². The minimum absolute atomic E-state index is 0.0444. The summed E-state index contributed by atoms with van der Waals surface area (Å²) >= 11 is 0. The Bertz CT molecular complexity index is 3780. The molecule has 10 N–H and O–H groups in total. The third kappa shape index (κ3) is 9.32. The van der Waals surface area contributed by atoms with Crippen LogP contribution in [0.2, 0.25) is 0 Å². The van der Waals surface area contributed by atoms with Gasteiger partial charge in [0.1, 0.15) is 52.4 Å². The predicted molar refractivity (Wildman–Crippen MR) is 360 cm³/mol. The van der Waals surface area contributed by atoms with E-state index in [1.807, 2.05) is 42.5 Å². The summed E-state index contributed by atoms with van der Waals surface area (Å²) in [7, 11) is 2.92. The first-order chi connectivity index (χ1) is 45.8. The third-order valence-corrected chi connectivity index (χ3v) is 31.3. The average Bonchev–Trinajstić information content (AvgIpc) is 1.54. The summed E-state index contributed by atoms with van der Waals surface area (Å²) in [6.07, 6.45) is 22.4. The fourth-order valence-corrected chi connectivity index (χ4v) is 28.2. The largest absolute Gasteiger partial charge is 0.511 e. The second-order valence-electron chi connectivity index (χ2n) is 33.2. The van der Waals surface area contributed by atoms with Crippen LogP contribution in [0.1, 0.15) is 185 Å². The van der Waals surface area contributed by atoms with Gasteiger partial charge in [-0.25, -0.2) is 0 Å². The molecule has 12 aliphatic carbocycles. The molecule has 506 valence electrons. The highest BCUT2D eigenvalue weighted by molar-refractivity contribution is 8.76. The maximum atomic E-state index is 16.7. The molecule has 0 radical (unpaired) electrons. The summed E-state index contributed by atoms with van der Waals surface area (Å²) in [5.41, 5.74) is -2.48. The summed E-state index contributed by atoms with van der Waals surface area (Å²) in [5.74, 6) is -2.10. The second kappa shape index (κ2) is 22.8. The molecule has 0 aromatic heterocycles. The smallest absolute Gasteiger partial charge is 0.229 e. The molecule has 15 nitrogen and oxygen atoms in total. The van der Waals surface area contributed by atoms with E-state index < -0.39 is 86.8 Å². The zero-order valence-corrected chi connectivity index (χ0v) is 56.1. The molecular formula is C78H94N2O13S2. The molecule has 10 bridgehead atoms. The summed E-state index contributed by atoms with van der Waals surface area (Å²) in [6, 6.07) is 20.0. The van der Waals surface area contributed by atoms with E-state index in [4.69, 9.17) is 9.47 Å². The number of hydrogen-bond acceptors (Lipinski definition) is 17. The van der Waals surface area contributed by atoms with Crippen LogP contribution in [-0.4, -0.2) is 118 Å². The summed E-state index contributed by atoms with van der Waals surface area (Å²) in [6.45, 7) is -0.366. The number of phenols is 1. The van der Waals surface area contributed by atoms with E-state index in [0.29, 0.717) is 73.8 Å². The van der Waals surface area contributed by atoms with Crippen molar-refractivity contribution in [2.24, 2.45) is 73.9 Å². The molecule has 17 heteroatoms. The number of rotatable bonds is 10. The lowest BCUT2D eigenvalue weighted by atomic mass is 9.46. The fourth-order valence-electron chi connectivity index (χ4n) is 25.4. The number of aliphatic hydroxyl groups is 7. The van der Waals surface area contributed by atoms with Crippen LogP contribution in [0.25, 0.3) is 0 Å². The first-order valence-electron chi connectivity index (χ1n) is 36.0. The molecule has 3 aromatic rings. The monoisotopic (exact) mass is 1330 g/mol. The van der Waals surface area contributed by atoms with Crippen molar-refractivity contribution in [3.05, 3.63) is 141 Å². The number of allylic oxidation sites excluding steroid dienone is 6. The van der Waals surface area contributed by atoms with Crippen molar-refractivity contribution in [2.75, 3.05) is 19.0 Å². The van der Waals surface area contributed by atoms with Crippen molar-refractivity contribution in [3.8, 4) is 11.5 Å². The number of aliphatic hydroxyl groups excluding tert-OH is 5. The maximum Gasteiger partial charge on any atom is 0.229 e. The molecule has 9 fully saturated rings. The number of phenolic OH excluding ortho intramolecular Hbond substituents is 1. The Balaban J connectivity index is 0.777. The van der Waals surface area contributed by atoms with Gasteiger partial charge in [0.15, 0.2) is 11.6 Å². The Morgan fingerprint density at radius 3 is 2.35 bits per heavy atom. The van der Waals surface area contributed by atoms with Crippen molar-refractivity contribution >= 4 is 39.4 Å². The molecule has 1 saturated heterocycles. The maximum absolute atomic E-state index is 16.7. The Hall–Kier alpha value is -4.95. The first-order valence-corrected chi connectivity index (χ1v) is 38.4. The number of ether oxygens (including phenoxy) is 2. The number of Topliss-reactive ketones (excluding diaryl/α,β-unsaturated/α-hetero) is 2. The van der Waals surface area contributed by atoms with Crippen molar-refractivity contribution in [3.63, 3.8) is 0 Å². The number of aldehydes is 1. The van der Waals surface area contributed by atoms with Crippen molar-refractivity contribution in [2.45, 2.75) is 208 Å². The highest BCUT2D eigenvalue weighted by Gasteiger charge is 2.80. The predicted octanol–water partition coefficient (Wildman–Crippen LogP) is 11.4. The molecule has 3 heterocycles.